The van der Waals surface area contributed by atoms with Crippen LogP contribution in [0, 0.1) is 0 Å². The average molecular weight is 285 g/mol. The van der Waals surface area contributed by atoms with Crippen LogP contribution >= 0.6 is 23.5 Å². The molecule has 0 N–H and O–H groups in total. The van der Waals surface area contributed by atoms with Gasteiger partial charge in [0.2, 0.25) is 0 Å². The molecule has 7 heteroatoms. The highest BCUT2D eigenvalue weighted by atomic mass is 32.2. The van der Waals surface area contributed by atoms with Gasteiger partial charge in [-0.25, -0.2) is 9.97 Å². The quantitative estimate of drug-likeness (QED) is 0.469. The summed E-state index contributed by atoms with van der Waals surface area (Å²) in [5.41, 5.74) is 0. The molecule has 1 fully saturated rings. The molecule has 0 amide bonds. The molecule has 0 atom stereocenters. The Balaban J connectivity index is 1.98. The number of carbonyl (C=O) groups is 1. The smallest absolute Gasteiger partial charge is 0.316 e. The molecule has 2 rings (SSSR count). The molecule has 1 aromatic rings. The summed E-state index contributed by atoms with van der Waals surface area (Å²) in [4.78, 5) is 21.8. The van der Waals surface area contributed by atoms with Gasteiger partial charge in [-0.2, -0.15) is 11.8 Å². The molecule has 0 saturated carbocycles. The number of ether oxygens (including phenoxy) is 1. The first-order chi connectivity index (χ1) is 8.79. The molecule has 0 unspecified atom stereocenters. The summed E-state index contributed by atoms with van der Waals surface area (Å²) >= 11 is 3.34. The molecular formula is C11H15N3O2S2. The summed E-state index contributed by atoms with van der Waals surface area (Å²) in [7, 11) is 1.39. The van der Waals surface area contributed by atoms with Crippen LogP contribution in [0.2, 0.25) is 0 Å². The lowest BCUT2D eigenvalue weighted by atomic mass is 10.4. The van der Waals surface area contributed by atoms with Crippen LogP contribution in [0.3, 0.4) is 0 Å². The van der Waals surface area contributed by atoms with Gasteiger partial charge in [0.15, 0.2) is 0 Å². The van der Waals surface area contributed by atoms with Crippen LogP contribution in [0.5, 0.6) is 0 Å². The summed E-state index contributed by atoms with van der Waals surface area (Å²) in [6.45, 7) is 2.03. The number of carbonyl (C=O) groups excluding carboxylic acids is 1. The van der Waals surface area contributed by atoms with Crippen molar-refractivity contribution in [3.05, 3.63) is 12.4 Å². The molecule has 0 aliphatic carbocycles. The maximum atomic E-state index is 11.1. The molecule has 2 heterocycles. The second-order valence-corrected chi connectivity index (χ2v) is 5.90. The van der Waals surface area contributed by atoms with E-state index in [1.165, 1.54) is 18.9 Å². The fourth-order valence-corrected chi connectivity index (χ4v) is 3.16. The third-order valence-electron chi connectivity index (χ3n) is 2.53. The predicted octanol–water partition coefficient (Wildman–Crippen LogP) is 1.29. The molecule has 0 spiro atoms. The van der Waals surface area contributed by atoms with E-state index in [4.69, 9.17) is 0 Å². The third kappa shape index (κ3) is 3.78. The first-order valence-corrected chi connectivity index (χ1v) is 7.78. The fraction of sp³-hybridized carbons (Fsp3) is 0.545. The molecule has 18 heavy (non-hydrogen) atoms. The van der Waals surface area contributed by atoms with Crippen molar-refractivity contribution in [1.29, 1.82) is 0 Å². The van der Waals surface area contributed by atoms with E-state index in [0.29, 0.717) is 0 Å². The van der Waals surface area contributed by atoms with Crippen LogP contribution < -0.4 is 4.90 Å². The minimum atomic E-state index is -0.241. The number of anilines is 1. The first kappa shape index (κ1) is 13.5. The summed E-state index contributed by atoms with van der Waals surface area (Å²) in [5, 5.41) is 0.809. The maximum absolute atomic E-state index is 11.1. The lowest BCUT2D eigenvalue weighted by Gasteiger charge is -2.27. The summed E-state index contributed by atoms with van der Waals surface area (Å²) < 4.78 is 4.60. The normalized spacial score (nSPS) is 15.5. The van der Waals surface area contributed by atoms with Crippen LogP contribution in [0.1, 0.15) is 0 Å². The number of rotatable bonds is 4. The number of methoxy groups -OCH3 is 1. The van der Waals surface area contributed by atoms with Gasteiger partial charge in [0.25, 0.3) is 0 Å². The van der Waals surface area contributed by atoms with Crippen molar-refractivity contribution < 1.29 is 9.53 Å². The third-order valence-corrected chi connectivity index (χ3v) is 4.37. The molecule has 1 aliphatic heterocycles. The Hall–Kier alpha value is -0.950. The van der Waals surface area contributed by atoms with Crippen LogP contribution in [0.4, 0.5) is 5.82 Å². The van der Waals surface area contributed by atoms with E-state index < -0.39 is 0 Å². The van der Waals surface area contributed by atoms with E-state index >= 15 is 0 Å². The number of hydrogen-bond donors (Lipinski definition) is 0. The van der Waals surface area contributed by atoms with Crippen molar-refractivity contribution in [2.24, 2.45) is 0 Å². The van der Waals surface area contributed by atoms with Crippen LogP contribution in [0.25, 0.3) is 0 Å². The summed E-state index contributed by atoms with van der Waals surface area (Å²) in [5.74, 6) is 3.25. The topological polar surface area (TPSA) is 55.3 Å². The van der Waals surface area contributed by atoms with Gasteiger partial charge in [-0.05, 0) is 0 Å². The molecule has 0 aromatic carbocycles. The van der Waals surface area contributed by atoms with Crippen molar-refractivity contribution in [2.45, 2.75) is 5.03 Å². The van der Waals surface area contributed by atoms with E-state index in [9.17, 15) is 4.79 Å². The van der Waals surface area contributed by atoms with Crippen LogP contribution in [0.15, 0.2) is 17.4 Å². The first-order valence-electron chi connectivity index (χ1n) is 5.64. The van der Waals surface area contributed by atoms with Gasteiger partial charge in [-0.1, -0.05) is 11.8 Å². The van der Waals surface area contributed by atoms with Crippen molar-refractivity contribution in [3.8, 4) is 0 Å². The molecule has 1 aromatic heterocycles. The van der Waals surface area contributed by atoms with E-state index in [-0.39, 0.29) is 11.7 Å². The Labute approximate surface area is 115 Å². The number of hydrogen-bond acceptors (Lipinski definition) is 7. The average Bonchev–Trinajstić information content (AvgIpc) is 2.46. The van der Waals surface area contributed by atoms with E-state index in [1.807, 2.05) is 17.8 Å². The predicted molar refractivity (Wildman–Crippen MR) is 74.3 cm³/mol. The van der Waals surface area contributed by atoms with Gasteiger partial charge >= 0.3 is 5.97 Å². The Morgan fingerprint density at radius 3 is 3.00 bits per heavy atom. The number of aromatic nitrogens is 2. The highest BCUT2D eigenvalue weighted by molar-refractivity contribution is 8.00. The second-order valence-electron chi connectivity index (χ2n) is 3.68. The second kappa shape index (κ2) is 6.84. The van der Waals surface area contributed by atoms with Crippen molar-refractivity contribution >= 4 is 35.3 Å². The molecular weight excluding hydrogens is 270 g/mol. The van der Waals surface area contributed by atoms with Gasteiger partial charge < -0.3 is 9.64 Å². The van der Waals surface area contributed by atoms with E-state index in [0.717, 1.165) is 35.4 Å². The zero-order chi connectivity index (χ0) is 12.8. The molecule has 1 saturated heterocycles. The van der Waals surface area contributed by atoms with Gasteiger partial charge in [-0.15, -0.1) is 0 Å². The minimum Gasteiger partial charge on any atom is -0.468 e. The van der Waals surface area contributed by atoms with Crippen molar-refractivity contribution in [2.75, 3.05) is 42.4 Å². The van der Waals surface area contributed by atoms with Crippen LogP contribution in [-0.2, 0) is 9.53 Å². The van der Waals surface area contributed by atoms with Crippen molar-refractivity contribution in [3.63, 3.8) is 0 Å². The molecule has 0 bridgehead atoms. The summed E-state index contributed by atoms with van der Waals surface area (Å²) in [6, 6.07) is 1.93. The highest BCUT2D eigenvalue weighted by Gasteiger charge is 2.13. The van der Waals surface area contributed by atoms with Crippen molar-refractivity contribution in [1.82, 2.24) is 9.97 Å². The molecule has 98 valence electrons. The minimum absolute atomic E-state index is 0.241. The Bertz CT molecular complexity index is 411. The molecule has 1 aliphatic rings. The van der Waals surface area contributed by atoms with Gasteiger partial charge in [0.1, 0.15) is 17.2 Å². The largest absolute Gasteiger partial charge is 0.468 e. The van der Waals surface area contributed by atoms with E-state index in [1.54, 1.807) is 6.33 Å². The van der Waals surface area contributed by atoms with Crippen LogP contribution in [-0.4, -0.2) is 53.4 Å². The standard InChI is InChI=1S/C11H15N3O2S2/c1-16-11(15)7-18-10-6-9(12-8-13-10)14-2-4-17-5-3-14/h6,8H,2-5,7H2,1H3. The lowest BCUT2D eigenvalue weighted by molar-refractivity contribution is -0.137. The lowest BCUT2D eigenvalue weighted by Crippen LogP contribution is -2.33. The Morgan fingerprint density at radius 1 is 1.50 bits per heavy atom. The molecule has 5 nitrogen and oxygen atoms in total. The fourth-order valence-electron chi connectivity index (χ4n) is 1.57. The summed E-state index contributed by atoms with van der Waals surface area (Å²) in [6.07, 6.45) is 1.55. The Morgan fingerprint density at radius 2 is 2.28 bits per heavy atom. The van der Waals surface area contributed by atoms with Gasteiger partial charge in [-0.3, -0.25) is 4.79 Å². The van der Waals surface area contributed by atoms with Gasteiger partial charge in [0.05, 0.1) is 12.9 Å². The highest BCUT2D eigenvalue weighted by Crippen LogP contribution is 2.21. The zero-order valence-electron chi connectivity index (χ0n) is 10.2. The Kier molecular flexibility index (Phi) is 5.12. The maximum Gasteiger partial charge on any atom is 0.316 e. The number of esters is 1. The number of thioether (sulfide) groups is 2. The number of nitrogens with zero attached hydrogens (tertiary/aromatic N) is 3. The SMILES string of the molecule is COC(=O)CSc1cc(N2CCSCC2)ncn1. The zero-order valence-corrected chi connectivity index (χ0v) is 11.8. The van der Waals surface area contributed by atoms with E-state index in [2.05, 4.69) is 19.6 Å². The monoisotopic (exact) mass is 285 g/mol. The van der Waals surface area contributed by atoms with Gasteiger partial charge in [0, 0.05) is 30.7 Å². The molecule has 0 radical (unpaired) electrons.